The number of aromatic nitrogens is 1. The first-order valence-corrected chi connectivity index (χ1v) is 19.4. The molecular formula is C54H39N3. The molecule has 10 aromatic rings. The molecule has 0 fully saturated rings. The van der Waals surface area contributed by atoms with Gasteiger partial charge >= 0.3 is 0 Å². The third-order valence-electron chi connectivity index (χ3n) is 10.8. The summed E-state index contributed by atoms with van der Waals surface area (Å²) in [5.74, 6) is 0. The molecule has 0 amide bonds. The number of fused-ring (bicyclic) bond motifs is 3. The number of hydrogen-bond donors (Lipinski definition) is 0. The normalized spacial score (nSPS) is 11.2. The highest BCUT2D eigenvalue weighted by Gasteiger charge is 2.21. The molecule has 1 aromatic heterocycles. The zero-order valence-corrected chi connectivity index (χ0v) is 31.4. The van der Waals surface area contributed by atoms with Crippen molar-refractivity contribution in [2.24, 2.45) is 0 Å². The van der Waals surface area contributed by atoms with Gasteiger partial charge in [-0.1, -0.05) is 152 Å². The lowest BCUT2D eigenvalue weighted by Crippen LogP contribution is -2.13. The van der Waals surface area contributed by atoms with Crippen LogP contribution >= 0.6 is 0 Å². The average Bonchev–Trinajstić information content (AvgIpc) is 3.62. The quantitative estimate of drug-likeness (QED) is 0.147. The number of anilines is 6. The molecule has 0 atom stereocenters. The minimum absolute atomic E-state index is 1.06. The maximum absolute atomic E-state index is 2.39. The smallest absolute Gasteiger partial charge is 0.0547 e. The maximum atomic E-state index is 2.39. The third kappa shape index (κ3) is 6.41. The Morgan fingerprint density at radius 2 is 0.772 bits per heavy atom. The van der Waals surface area contributed by atoms with Crippen LogP contribution in [0, 0.1) is 0 Å². The summed E-state index contributed by atoms with van der Waals surface area (Å²) in [5, 5.41) is 2.48. The molecule has 270 valence electrons. The van der Waals surface area contributed by atoms with Crippen LogP contribution in [-0.2, 0) is 0 Å². The SMILES string of the molecule is c1ccc(-c2ccc(N(c3ccccc3)c3cccc(N(c4ccccc4)c4ccccc4-c4ccc5c6ccccc6n(-c6ccccc6)c5c4)c3)cc2)cc1. The van der Waals surface area contributed by atoms with Gasteiger partial charge < -0.3 is 14.4 Å². The van der Waals surface area contributed by atoms with E-state index in [1.54, 1.807) is 0 Å². The summed E-state index contributed by atoms with van der Waals surface area (Å²) in [6.07, 6.45) is 0. The molecule has 10 rings (SSSR count). The van der Waals surface area contributed by atoms with Crippen molar-refractivity contribution in [1.29, 1.82) is 0 Å². The van der Waals surface area contributed by atoms with Gasteiger partial charge in [0.05, 0.1) is 16.7 Å². The first kappa shape index (κ1) is 33.9. The fourth-order valence-electron chi connectivity index (χ4n) is 8.14. The van der Waals surface area contributed by atoms with Crippen LogP contribution in [0.3, 0.4) is 0 Å². The molecule has 3 heteroatoms. The van der Waals surface area contributed by atoms with Crippen molar-refractivity contribution in [2.45, 2.75) is 0 Å². The minimum Gasteiger partial charge on any atom is -0.310 e. The highest BCUT2D eigenvalue weighted by atomic mass is 15.2. The molecule has 0 aliphatic heterocycles. The van der Waals surface area contributed by atoms with E-state index in [9.17, 15) is 0 Å². The summed E-state index contributed by atoms with van der Waals surface area (Å²) in [5.41, 5.74) is 14.7. The highest BCUT2D eigenvalue weighted by Crippen LogP contribution is 2.45. The Morgan fingerprint density at radius 1 is 0.281 bits per heavy atom. The summed E-state index contributed by atoms with van der Waals surface area (Å²) in [4.78, 5) is 4.72. The van der Waals surface area contributed by atoms with Gasteiger partial charge in [0.1, 0.15) is 0 Å². The van der Waals surface area contributed by atoms with Crippen molar-refractivity contribution in [3.05, 3.63) is 237 Å². The number of hydrogen-bond acceptors (Lipinski definition) is 2. The largest absolute Gasteiger partial charge is 0.310 e. The Bertz CT molecular complexity index is 2940. The first-order valence-electron chi connectivity index (χ1n) is 19.4. The van der Waals surface area contributed by atoms with Crippen molar-refractivity contribution < 1.29 is 0 Å². The predicted molar refractivity (Wildman–Crippen MR) is 241 cm³/mol. The van der Waals surface area contributed by atoms with Gasteiger partial charge in [-0.2, -0.15) is 0 Å². The van der Waals surface area contributed by atoms with Gasteiger partial charge in [-0.25, -0.2) is 0 Å². The van der Waals surface area contributed by atoms with E-state index in [1.165, 1.54) is 32.9 Å². The van der Waals surface area contributed by atoms with Gasteiger partial charge in [-0.15, -0.1) is 0 Å². The third-order valence-corrected chi connectivity index (χ3v) is 10.8. The lowest BCUT2D eigenvalue weighted by atomic mass is 10.00. The monoisotopic (exact) mass is 729 g/mol. The molecule has 0 aliphatic rings. The van der Waals surface area contributed by atoms with Gasteiger partial charge in [-0.05, 0) is 102 Å². The highest BCUT2D eigenvalue weighted by molar-refractivity contribution is 6.10. The average molecular weight is 730 g/mol. The lowest BCUT2D eigenvalue weighted by molar-refractivity contribution is 1.18. The second kappa shape index (κ2) is 14.9. The molecule has 0 unspecified atom stereocenters. The summed E-state index contributed by atoms with van der Waals surface area (Å²) in [6.45, 7) is 0. The molecule has 0 saturated carbocycles. The molecule has 0 aliphatic carbocycles. The van der Waals surface area contributed by atoms with Crippen molar-refractivity contribution >= 4 is 55.9 Å². The molecule has 0 spiro atoms. The minimum atomic E-state index is 1.06. The van der Waals surface area contributed by atoms with E-state index in [0.29, 0.717) is 0 Å². The summed E-state index contributed by atoms with van der Waals surface area (Å²) in [7, 11) is 0. The Morgan fingerprint density at radius 3 is 1.49 bits per heavy atom. The Labute approximate surface area is 333 Å². The lowest BCUT2D eigenvalue weighted by Gasteiger charge is -2.30. The van der Waals surface area contributed by atoms with Gasteiger partial charge in [0.15, 0.2) is 0 Å². The zero-order chi connectivity index (χ0) is 38.0. The van der Waals surface area contributed by atoms with Crippen LogP contribution in [0.2, 0.25) is 0 Å². The van der Waals surface area contributed by atoms with Crippen LogP contribution in [-0.4, -0.2) is 4.57 Å². The molecule has 57 heavy (non-hydrogen) atoms. The zero-order valence-electron chi connectivity index (χ0n) is 31.4. The fraction of sp³-hybridized carbons (Fsp3) is 0. The molecule has 0 N–H and O–H groups in total. The fourth-order valence-corrected chi connectivity index (χ4v) is 8.14. The van der Waals surface area contributed by atoms with E-state index < -0.39 is 0 Å². The topological polar surface area (TPSA) is 11.4 Å². The van der Waals surface area contributed by atoms with Crippen molar-refractivity contribution in [3.8, 4) is 27.9 Å². The summed E-state index contributed by atoms with van der Waals surface area (Å²) >= 11 is 0. The van der Waals surface area contributed by atoms with E-state index >= 15 is 0 Å². The van der Waals surface area contributed by atoms with Gasteiger partial charge in [-0.3, -0.25) is 0 Å². The molecule has 0 bridgehead atoms. The summed E-state index contributed by atoms with van der Waals surface area (Å²) in [6, 6.07) is 84.7. The van der Waals surface area contributed by atoms with E-state index in [2.05, 4.69) is 251 Å². The van der Waals surface area contributed by atoms with Crippen molar-refractivity contribution in [1.82, 2.24) is 4.57 Å². The van der Waals surface area contributed by atoms with E-state index in [4.69, 9.17) is 0 Å². The number of rotatable bonds is 9. The molecule has 3 nitrogen and oxygen atoms in total. The predicted octanol–water partition coefficient (Wildman–Crippen LogP) is 15.1. The van der Waals surface area contributed by atoms with Crippen LogP contribution < -0.4 is 9.80 Å². The van der Waals surface area contributed by atoms with E-state index in [1.807, 2.05) is 0 Å². The van der Waals surface area contributed by atoms with Gasteiger partial charge in [0, 0.05) is 50.5 Å². The molecule has 9 aromatic carbocycles. The first-order chi connectivity index (χ1) is 28.3. The standard InChI is InChI=1S/C54H39N3/c1-5-18-40(19-6-1)41-32-35-46(36-33-41)55(43-20-7-2-8-21-43)47-26-17-27-48(39-47)56(44-22-9-3-10-23-44)52-30-15-13-28-49(52)42-34-37-51-50-29-14-16-31-53(50)57(54(51)38-42)45-24-11-4-12-25-45/h1-39H. The van der Waals surface area contributed by atoms with Crippen molar-refractivity contribution in [3.63, 3.8) is 0 Å². The van der Waals surface area contributed by atoms with Crippen LogP contribution in [0.25, 0.3) is 49.7 Å². The maximum Gasteiger partial charge on any atom is 0.0547 e. The van der Waals surface area contributed by atoms with Crippen LogP contribution in [0.5, 0.6) is 0 Å². The molecule has 1 heterocycles. The number of nitrogens with zero attached hydrogens (tertiary/aromatic N) is 3. The number of benzene rings is 9. The number of para-hydroxylation sites is 5. The molecule has 0 saturated heterocycles. The van der Waals surface area contributed by atoms with Crippen LogP contribution in [0.4, 0.5) is 34.1 Å². The molecule has 0 radical (unpaired) electrons. The van der Waals surface area contributed by atoms with Gasteiger partial charge in [0.2, 0.25) is 0 Å². The van der Waals surface area contributed by atoms with Crippen LogP contribution in [0.1, 0.15) is 0 Å². The van der Waals surface area contributed by atoms with Crippen molar-refractivity contribution in [2.75, 3.05) is 9.80 Å². The Kier molecular flexibility index (Phi) is 8.86. The summed E-state index contributed by atoms with van der Waals surface area (Å²) < 4.78 is 2.39. The second-order valence-corrected chi connectivity index (χ2v) is 14.2. The molecular weight excluding hydrogens is 691 g/mol. The van der Waals surface area contributed by atoms with Gasteiger partial charge in [0.25, 0.3) is 0 Å². The van der Waals surface area contributed by atoms with Crippen LogP contribution in [0.15, 0.2) is 237 Å². The Balaban J connectivity index is 1.12. The second-order valence-electron chi connectivity index (χ2n) is 14.2. The van der Waals surface area contributed by atoms with E-state index in [-0.39, 0.29) is 0 Å². The Hall–Kier alpha value is -7.62. The van der Waals surface area contributed by atoms with E-state index in [0.717, 1.165) is 50.9 Å².